The third-order valence-corrected chi connectivity index (χ3v) is 4.39. The van der Waals surface area contributed by atoms with Crippen molar-refractivity contribution in [3.63, 3.8) is 0 Å². The van der Waals surface area contributed by atoms with Crippen molar-refractivity contribution in [2.45, 2.75) is 25.7 Å². The SMILES string of the molecule is O=C(c1ccccc1)N1CCCc2c(O)nc(C3=CCCC=N3)nc21. The van der Waals surface area contributed by atoms with E-state index in [1.165, 1.54) is 0 Å². The standard InChI is InChI=1S/C19H18N4O2/c24-18-14-9-6-12-23(19(25)13-7-2-1-3-8-13)17(14)21-16(22-18)15-10-4-5-11-20-15/h1-3,7-8,10-11H,4-6,9,12H2,(H,21,22,24). The minimum atomic E-state index is -0.119. The Kier molecular flexibility index (Phi) is 4.01. The molecular formula is C19H18N4O2. The number of anilines is 1. The number of carbonyl (C=O) groups excluding carboxylic acids is 1. The third-order valence-electron chi connectivity index (χ3n) is 4.39. The Morgan fingerprint density at radius 2 is 1.96 bits per heavy atom. The van der Waals surface area contributed by atoms with E-state index in [2.05, 4.69) is 15.0 Å². The van der Waals surface area contributed by atoms with Gasteiger partial charge in [0.2, 0.25) is 5.88 Å². The maximum atomic E-state index is 12.9. The van der Waals surface area contributed by atoms with Crippen molar-refractivity contribution in [3.8, 4) is 5.88 Å². The minimum Gasteiger partial charge on any atom is -0.493 e. The van der Waals surface area contributed by atoms with Crippen LogP contribution in [0.15, 0.2) is 41.4 Å². The molecule has 1 aromatic carbocycles. The van der Waals surface area contributed by atoms with Crippen molar-refractivity contribution in [2.24, 2.45) is 4.99 Å². The first-order chi connectivity index (χ1) is 12.2. The predicted molar refractivity (Wildman–Crippen MR) is 95.8 cm³/mol. The number of amides is 1. The van der Waals surface area contributed by atoms with Gasteiger partial charge in [-0.1, -0.05) is 24.3 Å². The summed E-state index contributed by atoms with van der Waals surface area (Å²) in [6.07, 6.45) is 6.95. The number of carbonyl (C=O) groups is 1. The smallest absolute Gasteiger partial charge is 0.259 e. The van der Waals surface area contributed by atoms with Crippen LogP contribution in [0.4, 0.5) is 5.82 Å². The summed E-state index contributed by atoms with van der Waals surface area (Å²) in [5, 5.41) is 10.4. The minimum absolute atomic E-state index is 0.0627. The molecule has 0 saturated carbocycles. The van der Waals surface area contributed by atoms with E-state index in [-0.39, 0.29) is 11.8 Å². The maximum Gasteiger partial charge on any atom is 0.259 e. The van der Waals surface area contributed by atoms with Gasteiger partial charge in [0, 0.05) is 18.3 Å². The van der Waals surface area contributed by atoms with Crippen LogP contribution in [0.1, 0.15) is 41.0 Å². The van der Waals surface area contributed by atoms with Gasteiger partial charge in [-0.05, 0) is 37.8 Å². The van der Waals surface area contributed by atoms with Crippen LogP contribution in [0.3, 0.4) is 0 Å². The summed E-state index contributed by atoms with van der Waals surface area (Å²) < 4.78 is 0. The van der Waals surface area contributed by atoms with Crippen LogP contribution in [0.2, 0.25) is 0 Å². The Morgan fingerprint density at radius 3 is 2.72 bits per heavy atom. The maximum absolute atomic E-state index is 12.9. The number of aromatic nitrogens is 2. The van der Waals surface area contributed by atoms with Gasteiger partial charge in [0.15, 0.2) is 5.82 Å². The zero-order valence-corrected chi connectivity index (χ0v) is 13.7. The van der Waals surface area contributed by atoms with Crippen LogP contribution < -0.4 is 4.90 Å². The molecule has 0 saturated heterocycles. The van der Waals surface area contributed by atoms with Gasteiger partial charge in [-0.15, -0.1) is 0 Å². The molecule has 2 aromatic rings. The first-order valence-corrected chi connectivity index (χ1v) is 8.44. The molecule has 2 aliphatic heterocycles. The Hall–Kier alpha value is -3.02. The van der Waals surface area contributed by atoms with Crippen LogP contribution in [0.25, 0.3) is 5.70 Å². The van der Waals surface area contributed by atoms with E-state index in [0.717, 1.165) is 19.3 Å². The lowest BCUT2D eigenvalue weighted by Crippen LogP contribution is -2.36. The molecule has 0 spiro atoms. The highest BCUT2D eigenvalue weighted by Gasteiger charge is 2.29. The zero-order valence-electron chi connectivity index (χ0n) is 13.7. The van der Waals surface area contributed by atoms with E-state index in [1.807, 2.05) is 30.5 Å². The second-order valence-corrected chi connectivity index (χ2v) is 6.08. The van der Waals surface area contributed by atoms with E-state index in [9.17, 15) is 9.90 Å². The summed E-state index contributed by atoms with van der Waals surface area (Å²) >= 11 is 0. The largest absolute Gasteiger partial charge is 0.493 e. The molecule has 25 heavy (non-hydrogen) atoms. The Morgan fingerprint density at radius 1 is 1.12 bits per heavy atom. The number of nitrogens with zero attached hydrogens (tertiary/aromatic N) is 4. The highest BCUT2D eigenvalue weighted by Crippen LogP contribution is 2.33. The average Bonchev–Trinajstić information content (AvgIpc) is 2.68. The fourth-order valence-electron chi connectivity index (χ4n) is 3.14. The van der Waals surface area contributed by atoms with Gasteiger partial charge < -0.3 is 5.11 Å². The van der Waals surface area contributed by atoms with Gasteiger partial charge in [-0.2, -0.15) is 4.98 Å². The van der Waals surface area contributed by atoms with E-state index in [0.29, 0.717) is 41.4 Å². The van der Waals surface area contributed by atoms with Gasteiger partial charge in [0.05, 0.1) is 5.56 Å². The molecule has 2 aliphatic rings. The van der Waals surface area contributed by atoms with Crippen molar-refractivity contribution in [1.29, 1.82) is 0 Å². The topological polar surface area (TPSA) is 78.7 Å². The molecule has 1 aromatic heterocycles. The van der Waals surface area contributed by atoms with E-state index in [1.54, 1.807) is 17.0 Å². The molecule has 6 nitrogen and oxygen atoms in total. The monoisotopic (exact) mass is 334 g/mol. The lowest BCUT2D eigenvalue weighted by Gasteiger charge is -2.29. The van der Waals surface area contributed by atoms with E-state index >= 15 is 0 Å². The van der Waals surface area contributed by atoms with Gasteiger partial charge in [0.25, 0.3) is 5.91 Å². The quantitative estimate of drug-likeness (QED) is 0.916. The fraction of sp³-hybridized carbons (Fsp3) is 0.263. The zero-order chi connectivity index (χ0) is 17.2. The number of benzene rings is 1. The Labute approximate surface area is 145 Å². The molecule has 4 rings (SSSR count). The summed E-state index contributed by atoms with van der Waals surface area (Å²) in [5.41, 5.74) is 1.87. The second kappa shape index (κ2) is 6.47. The number of hydrogen-bond acceptors (Lipinski definition) is 5. The summed E-state index contributed by atoms with van der Waals surface area (Å²) in [6, 6.07) is 9.12. The summed E-state index contributed by atoms with van der Waals surface area (Å²) in [5.74, 6) is 0.670. The van der Waals surface area contributed by atoms with Crippen molar-refractivity contribution in [2.75, 3.05) is 11.4 Å². The summed E-state index contributed by atoms with van der Waals surface area (Å²) in [6.45, 7) is 0.568. The lowest BCUT2D eigenvalue weighted by atomic mass is 10.0. The molecule has 6 heteroatoms. The van der Waals surface area contributed by atoms with Crippen molar-refractivity contribution >= 4 is 23.6 Å². The molecule has 0 radical (unpaired) electrons. The van der Waals surface area contributed by atoms with E-state index in [4.69, 9.17) is 0 Å². The molecular weight excluding hydrogens is 316 g/mol. The number of aliphatic imine (C=N–C) groups is 1. The van der Waals surface area contributed by atoms with Crippen LogP contribution in [-0.4, -0.2) is 33.7 Å². The molecule has 1 N–H and O–H groups in total. The second-order valence-electron chi connectivity index (χ2n) is 6.08. The van der Waals surface area contributed by atoms with Gasteiger partial charge in [0.1, 0.15) is 11.5 Å². The molecule has 1 amide bonds. The number of rotatable bonds is 2. The van der Waals surface area contributed by atoms with Gasteiger partial charge in [-0.25, -0.2) is 4.98 Å². The van der Waals surface area contributed by atoms with Crippen molar-refractivity contribution in [1.82, 2.24) is 9.97 Å². The average molecular weight is 334 g/mol. The van der Waals surface area contributed by atoms with Crippen LogP contribution in [-0.2, 0) is 6.42 Å². The Bertz CT molecular complexity index is 874. The van der Waals surface area contributed by atoms with Gasteiger partial charge >= 0.3 is 0 Å². The fourth-order valence-corrected chi connectivity index (χ4v) is 3.14. The Balaban J connectivity index is 1.77. The molecule has 0 atom stereocenters. The van der Waals surface area contributed by atoms with Crippen LogP contribution in [0.5, 0.6) is 5.88 Å². The predicted octanol–water partition coefficient (Wildman–Crippen LogP) is 2.98. The summed E-state index contributed by atoms with van der Waals surface area (Å²) in [4.78, 5) is 27.6. The number of aromatic hydroxyl groups is 1. The highest BCUT2D eigenvalue weighted by atomic mass is 16.3. The highest BCUT2D eigenvalue weighted by molar-refractivity contribution is 6.06. The van der Waals surface area contributed by atoms with Crippen LogP contribution >= 0.6 is 0 Å². The first-order valence-electron chi connectivity index (χ1n) is 8.44. The summed E-state index contributed by atoms with van der Waals surface area (Å²) in [7, 11) is 0. The molecule has 0 aliphatic carbocycles. The third kappa shape index (κ3) is 2.91. The van der Waals surface area contributed by atoms with Gasteiger partial charge in [-0.3, -0.25) is 14.7 Å². The molecule has 3 heterocycles. The van der Waals surface area contributed by atoms with Crippen molar-refractivity contribution in [3.05, 3.63) is 53.4 Å². The van der Waals surface area contributed by atoms with Crippen LogP contribution in [0, 0.1) is 0 Å². The molecule has 0 fully saturated rings. The number of allylic oxidation sites excluding steroid dienone is 1. The number of fused-ring (bicyclic) bond motifs is 1. The first kappa shape index (κ1) is 15.5. The molecule has 0 bridgehead atoms. The van der Waals surface area contributed by atoms with E-state index < -0.39 is 0 Å². The lowest BCUT2D eigenvalue weighted by molar-refractivity contribution is 0.0984. The van der Waals surface area contributed by atoms with Crippen molar-refractivity contribution < 1.29 is 9.90 Å². The number of hydrogen-bond donors (Lipinski definition) is 1. The normalized spacial score (nSPS) is 16.3. The molecule has 0 unspecified atom stereocenters. The molecule has 126 valence electrons.